The van der Waals surface area contributed by atoms with Crippen LogP contribution in [0.15, 0.2) is 0 Å². The molecule has 4 N–H and O–H groups in total. The highest BCUT2D eigenvalue weighted by atomic mass is 32.2. The van der Waals surface area contributed by atoms with E-state index in [9.17, 15) is 20.4 Å². The summed E-state index contributed by atoms with van der Waals surface area (Å²) in [7, 11) is 0. The van der Waals surface area contributed by atoms with Crippen LogP contribution in [0.5, 0.6) is 0 Å². The minimum absolute atomic E-state index is 0.360. The van der Waals surface area contributed by atoms with E-state index in [0.29, 0.717) is 0 Å². The number of unbranched alkanes of at least 4 members (excludes halogenated alkanes) is 15. The molecule has 0 aromatic heterocycles. The first-order valence-corrected chi connectivity index (χ1v) is 13.6. The Morgan fingerprint density at radius 3 is 1.47 bits per heavy atom. The SMILES string of the molecule is CCCCCCCCCCCCCCCCCCS[C@@H]1O[C@H](CO)[C@@H](O)[C@H](O)[C@H]1O. The van der Waals surface area contributed by atoms with Crippen molar-refractivity contribution in [3.8, 4) is 0 Å². The number of hydrogen-bond donors (Lipinski definition) is 4. The highest BCUT2D eigenvalue weighted by molar-refractivity contribution is 7.99. The molecule has 5 atom stereocenters. The summed E-state index contributed by atoms with van der Waals surface area (Å²) in [6.45, 7) is 1.91. The quantitative estimate of drug-likeness (QED) is 0.213. The number of thioether (sulfide) groups is 1. The molecule has 6 heteroatoms. The van der Waals surface area contributed by atoms with Crippen LogP contribution in [0.25, 0.3) is 0 Å². The highest BCUT2D eigenvalue weighted by Gasteiger charge is 2.43. The van der Waals surface area contributed by atoms with E-state index in [1.54, 1.807) is 0 Å². The maximum atomic E-state index is 10.0. The minimum Gasteiger partial charge on any atom is -0.394 e. The molecule has 0 radical (unpaired) electrons. The predicted octanol–water partition coefficient (Wildman–Crippen LogP) is 4.78. The van der Waals surface area contributed by atoms with Crippen molar-refractivity contribution >= 4 is 11.8 Å². The van der Waals surface area contributed by atoms with Crippen molar-refractivity contribution in [2.75, 3.05) is 12.4 Å². The average Bonchev–Trinajstić information content (AvgIpc) is 2.75. The normalized spacial score (nSPS) is 26.9. The molecule has 0 unspecified atom stereocenters. The first-order valence-electron chi connectivity index (χ1n) is 12.5. The lowest BCUT2D eigenvalue weighted by molar-refractivity contribution is -0.205. The predicted molar refractivity (Wildman–Crippen MR) is 126 cm³/mol. The van der Waals surface area contributed by atoms with Crippen LogP contribution >= 0.6 is 11.8 Å². The molecule has 1 saturated heterocycles. The second kappa shape index (κ2) is 18.7. The molecule has 1 aliphatic heterocycles. The molecule has 1 fully saturated rings. The van der Waals surface area contributed by atoms with Gasteiger partial charge in [0.15, 0.2) is 0 Å². The van der Waals surface area contributed by atoms with Crippen LogP contribution in [0.1, 0.15) is 110 Å². The summed E-state index contributed by atoms with van der Waals surface area (Å²) in [5, 5.41) is 38.8. The van der Waals surface area contributed by atoms with E-state index < -0.39 is 29.9 Å². The smallest absolute Gasteiger partial charge is 0.132 e. The van der Waals surface area contributed by atoms with E-state index >= 15 is 0 Å². The van der Waals surface area contributed by atoms with Crippen LogP contribution in [0, 0.1) is 0 Å². The Balaban J connectivity index is 1.85. The Hall–Kier alpha value is 0.150. The van der Waals surface area contributed by atoms with Crippen molar-refractivity contribution < 1.29 is 25.2 Å². The minimum atomic E-state index is -1.26. The summed E-state index contributed by atoms with van der Waals surface area (Å²) >= 11 is 1.46. The zero-order chi connectivity index (χ0) is 22.0. The largest absolute Gasteiger partial charge is 0.394 e. The lowest BCUT2D eigenvalue weighted by atomic mass is 10.0. The molecule has 0 saturated carbocycles. The summed E-state index contributed by atoms with van der Waals surface area (Å²) in [6, 6.07) is 0. The van der Waals surface area contributed by atoms with Crippen molar-refractivity contribution in [1.29, 1.82) is 0 Å². The van der Waals surface area contributed by atoms with Gasteiger partial charge in [0.05, 0.1) is 6.61 Å². The van der Waals surface area contributed by atoms with Gasteiger partial charge in [0.1, 0.15) is 29.9 Å². The maximum Gasteiger partial charge on any atom is 0.132 e. The number of hydrogen-bond acceptors (Lipinski definition) is 6. The molecule has 5 nitrogen and oxygen atoms in total. The highest BCUT2D eigenvalue weighted by Crippen LogP contribution is 2.29. The fourth-order valence-corrected chi connectivity index (χ4v) is 5.24. The van der Waals surface area contributed by atoms with Gasteiger partial charge in [-0.3, -0.25) is 0 Å². The van der Waals surface area contributed by atoms with Gasteiger partial charge in [-0.05, 0) is 12.2 Å². The van der Waals surface area contributed by atoms with Crippen molar-refractivity contribution in [2.24, 2.45) is 0 Å². The third-order valence-electron chi connectivity index (χ3n) is 6.13. The van der Waals surface area contributed by atoms with Crippen molar-refractivity contribution in [1.82, 2.24) is 0 Å². The van der Waals surface area contributed by atoms with Crippen molar-refractivity contribution in [3.05, 3.63) is 0 Å². The van der Waals surface area contributed by atoms with E-state index in [2.05, 4.69) is 6.92 Å². The lowest BCUT2D eigenvalue weighted by Gasteiger charge is -2.39. The standard InChI is InChI=1S/C24H48O5S/c1-2-3-4-5-6-7-8-9-10-11-12-13-14-15-16-17-18-30-24-23(28)22(27)21(26)20(19-25)29-24/h20-28H,2-19H2,1H3/t20-,21-,22+,23-,24+/m1/s1. The molecule has 0 amide bonds. The van der Waals surface area contributed by atoms with Gasteiger partial charge in [0.2, 0.25) is 0 Å². The van der Waals surface area contributed by atoms with Gasteiger partial charge in [-0.1, -0.05) is 103 Å². The Morgan fingerprint density at radius 1 is 0.600 bits per heavy atom. The molecule has 180 valence electrons. The Labute approximate surface area is 189 Å². The number of rotatable bonds is 19. The van der Waals surface area contributed by atoms with Crippen LogP contribution in [0.2, 0.25) is 0 Å². The molecule has 0 aromatic carbocycles. The first-order chi connectivity index (χ1) is 14.6. The third-order valence-corrected chi connectivity index (χ3v) is 7.37. The first kappa shape index (κ1) is 28.2. The molecule has 0 spiro atoms. The molecule has 0 aliphatic carbocycles. The lowest BCUT2D eigenvalue weighted by Crippen LogP contribution is -2.57. The second-order valence-corrected chi connectivity index (χ2v) is 10.1. The fourth-order valence-electron chi connectivity index (χ4n) is 4.05. The van der Waals surface area contributed by atoms with E-state index in [-0.39, 0.29) is 6.61 Å². The number of aliphatic hydroxyl groups excluding tert-OH is 4. The van der Waals surface area contributed by atoms with Crippen LogP contribution in [-0.4, -0.2) is 62.6 Å². The van der Waals surface area contributed by atoms with Gasteiger partial charge < -0.3 is 25.2 Å². The summed E-state index contributed by atoms with van der Waals surface area (Å²) in [5.41, 5.74) is -0.586. The second-order valence-electron chi connectivity index (χ2n) is 8.87. The van der Waals surface area contributed by atoms with Crippen LogP contribution in [0.3, 0.4) is 0 Å². The van der Waals surface area contributed by atoms with Gasteiger partial charge in [-0.2, -0.15) is 0 Å². The van der Waals surface area contributed by atoms with E-state index in [1.165, 1.54) is 108 Å². The zero-order valence-corrected chi connectivity index (χ0v) is 20.0. The number of aliphatic hydroxyl groups is 4. The molecule has 1 rings (SSSR count). The average molecular weight is 449 g/mol. The Kier molecular flexibility index (Phi) is 17.6. The van der Waals surface area contributed by atoms with Gasteiger partial charge in [-0.25, -0.2) is 0 Å². The third kappa shape index (κ3) is 12.3. The molecular weight excluding hydrogens is 400 g/mol. The summed E-state index contributed by atoms with van der Waals surface area (Å²) in [5.74, 6) is 0.848. The van der Waals surface area contributed by atoms with E-state index in [0.717, 1.165) is 12.2 Å². The number of ether oxygens (including phenoxy) is 1. The fraction of sp³-hybridized carbons (Fsp3) is 1.00. The summed E-state index contributed by atoms with van der Waals surface area (Å²) in [4.78, 5) is 0. The van der Waals surface area contributed by atoms with Gasteiger partial charge in [-0.15, -0.1) is 11.8 Å². The molecule has 0 bridgehead atoms. The van der Waals surface area contributed by atoms with Gasteiger partial charge >= 0.3 is 0 Å². The van der Waals surface area contributed by atoms with Crippen LogP contribution in [-0.2, 0) is 4.74 Å². The van der Waals surface area contributed by atoms with Gasteiger partial charge in [0.25, 0.3) is 0 Å². The molecule has 1 aliphatic rings. The Bertz CT molecular complexity index is 383. The summed E-state index contributed by atoms with van der Waals surface area (Å²) in [6.07, 6.45) is 17.0. The monoisotopic (exact) mass is 448 g/mol. The molecular formula is C24H48O5S. The zero-order valence-electron chi connectivity index (χ0n) is 19.2. The van der Waals surface area contributed by atoms with Crippen LogP contribution in [0.4, 0.5) is 0 Å². The molecule has 1 heterocycles. The van der Waals surface area contributed by atoms with Crippen LogP contribution < -0.4 is 0 Å². The maximum absolute atomic E-state index is 10.0. The van der Waals surface area contributed by atoms with Gasteiger partial charge in [0, 0.05) is 0 Å². The van der Waals surface area contributed by atoms with E-state index in [4.69, 9.17) is 4.74 Å². The van der Waals surface area contributed by atoms with Crippen molar-refractivity contribution in [3.63, 3.8) is 0 Å². The summed E-state index contributed by atoms with van der Waals surface area (Å²) < 4.78 is 5.51. The molecule has 0 aromatic rings. The Morgan fingerprint density at radius 2 is 1.03 bits per heavy atom. The van der Waals surface area contributed by atoms with Crippen molar-refractivity contribution in [2.45, 2.75) is 140 Å². The molecule has 30 heavy (non-hydrogen) atoms. The topological polar surface area (TPSA) is 90.2 Å². The van der Waals surface area contributed by atoms with E-state index in [1.807, 2.05) is 0 Å².